The minimum atomic E-state index is -0.00661. The lowest BCUT2D eigenvalue weighted by Gasteiger charge is -2.21. The summed E-state index contributed by atoms with van der Waals surface area (Å²) in [6, 6.07) is 5.97. The van der Waals surface area contributed by atoms with E-state index in [9.17, 15) is 9.59 Å². The second kappa shape index (κ2) is 7.38. The van der Waals surface area contributed by atoms with Crippen molar-refractivity contribution in [1.82, 2.24) is 14.5 Å². The van der Waals surface area contributed by atoms with Crippen LogP contribution in [-0.4, -0.2) is 20.3 Å². The Bertz CT molecular complexity index is 1080. The van der Waals surface area contributed by atoms with E-state index in [-0.39, 0.29) is 11.3 Å². The third kappa shape index (κ3) is 3.58. The van der Waals surface area contributed by atoms with Crippen molar-refractivity contribution in [3.8, 4) is 16.9 Å². The first-order valence-electron chi connectivity index (χ1n) is 9.23. The van der Waals surface area contributed by atoms with Crippen LogP contribution in [0.1, 0.15) is 28.7 Å². The number of ether oxygens (including phenoxy) is 1. The molecule has 4 rings (SSSR count). The SMILES string of the molecule is Cc1cc(-c2cc3c(c(OCc4cncnc4)c2)CC(=O)CC3)cn(C)c1=O. The Morgan fingerprint density at radius 3 is 2.61 bits per heavy atom. The lowest BCUT2D eigenvalue weighted by molar-refractivity contribution is -0.118. The zero-order valence-corrected chi connectivity index (χ0v) is 15.9. The van der Waals surface area contributed by atoms with Gasteiger partial charge in [0.25, 0.3) is 5.56 Å². The molecule has 0 N–H and O–H groups in total. The smallest absolute Gasteiger partial charge is 0.253 e. The van der Waals surface area contributed by atoms with Gasteiger partial charge in [-0.05, 0) is 42.2 Å². The van der Waals surface area contributed by atoms with Gasteiger partial charge in [0.05, 0.1) is 0 Å². The Labute approximate surface area is 162 Å². The molecule has 2 aromatic heterocycles. The summed E-state index contributed by atoms with van der Waals surface area (Å²) in [6.45, 7) is 2.15. The van der Waals surface area contributed by atoms with Gasteiger partial charge < -0.3 is 9.30 Å². The molecule has 0 saturated carbocycles. The number of hydrogen-bond acceptors (Lipinski definition) is 5. The molecule has 0 radical (unpaired) electrons. The van der Waals surface area contributed by atoms with Gasteiger partial charge in [0.2, 0.25) is 0 Å². The maximum atomic E-state index is 12.0. The first kappa shape index (κ1) is 18.1. The van der Waals surface area contributed by atoms with Crippen LogP contribution in [0.3, 0.4) is 0 Å². The van der Waals surface area contributed by atoms with E-state index in [2.05, 4.69) is 16.0 Å². The van der Waals surface area contributed by atoms with Crippen molar-refractivity contribution in [1.29, 1.82) is 0 Å². The van der Waals surface area contributed by atoms with Crippen LogP contribution in [0, 0.1) is 6.92 Å². The summed E-state index contributed by atoms with van der Waals surface area (Å²) in [4.78, 5) is 32.1. The first-order chi connectivity index (χ1) is 13.5. The standard InChI is InChI=1S/C22H21N3O3/c1-14-5-18(11-25(2)22(14)27)17-6-16-3-4-19(26)8-20(16)21(7-17)28-12-15-9-23-13-24-10-15/h5-7,9-11,13H,3-4,8,12H2,1-2H3. The second-order valence-electron chi connectivity index (χ2n) is 7.19. The third-order valence-corrected chi connectivity index (χ3v) is 5.05. The van der Waals surface area contributed by atoms with Gasteiger partial charge >= 0.3 is 0 Å². The van der Waals surface area contributed by atoms with E-state index >= 15 is 0 Å². The summed E-state index contributed by atoms with van der Waals surface area (Å²) in [6.07, 6.45) is 8.39. The molecule has 1 aliphatic rings. The highest BCUT2D eigenvalue weighted by Crippen LogP contribution is 2.34. The summed E-state index contributed by atoms with van der Waals surface area (Å²) in [5, 5.41) is 0. The number of aromatic nitrogens is 3. The van der Waals surface area contributed by atoms with Crippen molar-refractivity contribution in [2.75, 3.05) is 0 Å². The van der Waals surface area contributed by atoms with E-state index in [4.69, 9.17) is 4.74 Å². The quantitative estimate of drug-likeness (QED) is 0.701. The van der Waals surface area contributed by atoms with E-state index in [0.29, 0.717) is 37.2 Å². The molecule has 0 fully saturated rings. The van der Waals surface area contributed by atoms with E-state index < -0.39 is 0 Å². The Hall–Kier alpha value is -3.28. The molecule has 1 aromatic carbocycles. The van der Waals surface area contributed by atoms with Gasteiger partial charge in [-0.1, -0.05) is 6.07 Å². The Balaban J connectivity index is 1.76. The predicted molar refractivity (Wildman–Crippen MR) is 105 cm³/mol. The van der Waals surface area contributed by atoms with Crippen LogP contribution in [0.2, 0.25) is 0 Å². The average Bonchev–Trinajstić information content (AvgIpc) is 2.70. The van der Waals surface area contributed by atoms with Crippen LogP contribution in [0.5, 0.6) is 5.75 Å². The maximum Gasteiger partial charge on any atom is 0.253 e. The molecular weight excluding hydrogens is 354 g/mol. The van der Waals surface area contributed by atoms with Crippen molar-refractivity contribution >= 4 is 5.78 Å². The monoisotopic (exact) mass is 375 g/mol. The van der Waals surface area contributed by atoms with Gasteiger partial charge in [0, 0.05) is 55.2 Å². The van der Waals surface area contributed by atoms with E-state index in [0.717, 1.165) is 27.8 Å². The Morgan fingerprint density at radius 2 is 1.86 bits per heavy atom. The number of aryl methyl sites for hydroxylation is 3. The number of fused-ring (bicyclic) bond motifs is 1. The summed E-state index contributed by atoms with van der Waals surface area (Å²) in [7, 11) is 1.75. The number of benzene rings is 1. The molecule has 2 heterocycles. The second-order valence-corrected chi connectivity index (χ2v) is 7.19. The van der Waals surface area contributed by atoms with E-state index in [1.54, 1.807) is 24.0 Å². The zero-order chi connectivity index (χ0) is 19.7. The van der Waals surface area contributed by atoms with Crippen molar-refractivity contribution < 1.29 is 9.53 Å². The summed E-state index contributed by atoms with van der Waals surface area (Å²) in [5.74, 6) is 0.932. The highest BCUT2D eigenvalue weighted by Gasteiger charge is 2.21. The fraction of sp³-hybridized carbons (Fsp3) is 0.273. The van der Waals surface area contributed by atoms with Crippen molar-refractivity contribution in [3.05, 3.63) is 75.7 Å². The van der Waals surface area contributed by atoms with Gasteiger partial charge in [-0.25, -0.2) is 9.97 Å². The lowest BCUT2D eigenvalue weighted by Crippen LogP contribution is -2.18. The number of carbonyl (C=O) groups is 1. The Kier molecular flexibility index (Phi) is 4.77. The summed E-state index contributed by atoms with van der Waals surface area (Å²) in [5.41, 5.74) is 5.56. The molecule has 0 spiro atoms. The summed E-state index contributed by atoms with van der Waals surface area (Å²) >= 11 is 0. The molecule has 142 valence electrons. The van der Waals surface area contributed by atoms with Gasteiger partial charge in [-0.3, -0.25) is 9.59 Å². The summed E-state index contributed by atoms with van der Waals surface area (Å²) < 4.78 is 7.68. The molecule has 6 nitrogen and oxygen atoms in total. The number of pyridine rings is 1. The number of carbonyl (C=O) groups excluding carboxylic acids is 1. The molecular formula is C22H21N3O3. The third-order valence-electron chi connectivity index (χ3n) is 5.05. The molecule has 6 heteroatoms. The van der Waals surface area contributed by atoms with Crippen molar-refractivity contribution in [2.24, 2.45) is 7.05 Å². The molecule has 0 bridgehead atoms. The first-order valence-corrected chi connectivity index (χ1v) is 9.23. The molecule has 0 amide bonds. The minimum absolute atomic E-state index is 0.00661. The highest BCUT2D eigenvalue weighted by molar-refractivity contribution is 5.85. The number of ketones is 1. The Morgan fingerprint density at radius 1 is 1.07 bits per heavy atom. The van der Waals surface area contributed by atoms with Gasteiger partial charge in [0.1, 0.15) is 24.5 Å². The van der Waals surface area contributed by atoms with Gasteiger partial charge in [0.15, 0.2) is 0 Å². The largest absolute Gasteiger partial charge is 0.488 e. The van der Waals surface area contributed by atoms with E-state index in [1.807, 2.05) is 25.3 Å². The predicted octanol–water partition coefficient (Wildman–Crippen LogP) is 2.79. The van der Waals surface area contributed by atoms with Crippen LogP contribution >= 0.6 is 0 Å². The van der Waals surface area contributed by atoms with Crippen LogP contribution in [0.25, 0.3) is 11.1 Å². The minimum Gasteiger partial charge on any atom is -0.488 e. The van der Waals surface area contributed by atoms with E-state index in [1.165, 1.54) is 6.33 Å². The molecule has 1 aliphatic carbocycles. The number of nitrogens with zero attached hydrogens (tertiary/aromatic N) is 3. The highest BCUT2D eigenvalue weighted by atomic mass is 16.5. The number of hydrogen-bond donors (Lipinski definition) is 0. The number of rotatable bonds is 4. The fourth-order valence-electron chi connectivity index (χ4n) is 3.58. The van der Waals surface area contributed by atoms with Crippen LogP contribution < -0.4 is 10.3 Å². The average molecular weight is 375 g/mol. The number of Topliss-reactive ketones (excluding diaryl/α,β-unsaturated/α-hetero) is 1. The van der Waals surface area contributed by atoms with Crippen LogP contribution in [-0.2, 0) is 31.3 Å². The molecule has 0 saturated heterocycles. The molecule has 3 aromatic rings. The van der Waals surface area contributed by atoms with Crippen LogP contribution in [0.4, 0.5) is 0 Å². The normalized spacial score (nSPS) is 13.3. The van der Waals surface area contributed by atoms with Crippen molar-refractivity contribution in [2.45, 2.75) is 32.8 Å². The molecule has 28 heavy (non-hydrogen) atoms. The lowest BCUT2D eigenvalue weighted by atomic mass is 9.87. The fourth-order valence-corrected chi connectivity index (χ4v) is 3.58. The molecule has 0 aliphatic heterocycles. The van der Waals surface area contributed by atoms with Crippen LogP contribution in [0.15, 0.2) is 47.9 Å². The molecule has 0 atom stereocenters. The van der Waals surface area contributed by atoms with Crippen molar-refractivity contribution in [3.63, 3.8) is 0 Å². The maximum absolute atomic E-state index is 12.0. The van der Waals surface area contributed by atoms with Gasteiger partial charge in [-0.15, -0.1) is 0 Å². The van der Waals surface area contributed by atoms with Gasteiger partial charge in [-0.2, -0.15) is 0 Å². The zero-order valence-electron chi connectivity index (χ0n) is 15.9. The molecule has 0 unspecified atom stereocenters. The topological polar surface area (TPSA) is 74.1 Å².